The number of nitro groups is 2. The number of hydrogen-bond donors (Lipinski definition) is 0. The molecule has 0 aliphatic carbocycles. The molecule has 84 valence electrons. The summed E-state index contributed by atoms with van der Waals surface area (Å²) in [4.78, 5) is 30.0. The molecule has 1 rings (SSSR count). The van der Waals surface area contributed by atoms with E-state index in [9.17, 15) is 25.0 Å². The average molecular weight is 224 g/mol. The lowest BCUT2D eigenvalue weighted by Gasteiger charge is -2.01. The quantitative estimate of drug-likeness (QED) is 0.323. The Kier molecular flexibility index (Phi) is 3.65. The summed E-state index contributed by atoms with van der Waals surface area (Å²) in [7, 11) is 0. The molecule has 7 nitrogen and oxygen atoms in total. The molecule has 0 unspecified atom stereocenters. The van der Waals surface area contributed by atoms with Gasteiger partial charge in [-0.2, -0.15) is 0 Å². The number of hydrogen-bond acceptors (Lipinski definition) is 5. The second kappa shape index (κ2) is 4.96. The van der Waals surface area contributed by atoms with Crippen LogP contribution in [0.15, 0.2) is 30.3 Å². The summed E-state index contributed by atoms with van der Waals surface area (Å²) in [5.41, 5.74) is 0.233. The van der Waals surface area contributed by atoms with Gasteiger partial charge in [0.05, 0.1) is 9.85 Å². The maximum absolute atomic E-state index is 11.5. The van der Waals surface area contributed by atoms with Gasteiger partial charge < -0.3 is 0 Å². The Balaban J connectivity index is 2.77. The van der Waals surface area contributed by atoms with E-state index in [2.05, 4.69) is 0 Å². The monoisotopic (exact) mass is 224 g/mol. The van der Waals surface area contributed by atoms with E-state index in [-0.39, 0.29) is 5.56 Å². The van der Waals surface area contributed by atoms with Crippen LogP contribution >= 0.6 is 0 Å². The first-order chi connectivity index (χ1) is 7.52. The zero-order valence-electron chi connectivity index (χ0n) is 8.11. The highest BCUT2D eigenvalue weighted by atomic mass is 16.7. The van der Waals surface area contributed by atoms with E-state index in [1.54, 1.807) is 18.2 Å². The lowest BCUT2D eigenvalue weighted by Crippen LogP contribution is -2.31. The Hall–Kier alpha value is -2.31. The fraction of sp³-hybridized carbons (Fsp3) is 0.222. The van der Waals surface area contributed by atoms with Crippen LogP contribution in [0.5, 0.6) is 0 Å². The van der Waals surface area contributed by atoms with E-state index in [0.717, 1.165) is 0 Å². The van der Waals surface area contributed by atoms with Gasteiger partial charge >= 0.3 is 6.17 Å². The van der Waals surface area contributed by atoms with Crippen LogP contribution < -0.4 is 0 Å². The van der Waals surface area contributed by atoms with Gasteiger partial charge in [0.1, 0.15) is 6.42 Å². The van der Waals surface area contributed by atoms with Gasteiger partial charge in [-0.1, -0.05) is 30.3 Å². The summed E-state index contributed by atoms with van der Waals surface area (Å²) in [6.45, 7) is 0. The fourth-order valence-electron chi connectivity index (χ4n) is 1.13. The van der Waals surface area contributed by atoms with Crippen LogP contribution in [0.1, 0.15) is 16.8 Å². The smallest absolute Gasteiger partial charge is 0.294 e. The topological polar surface area (TPSA) is 103 Å². The number of nitrogens with zero attached hydrogens (tertiary/aromatic N) is 2. The number of benzene rings is 1. The third-order valence-electron chi connectivity index (χ3n) is 1.95. The minimum absolute atomic E-state index is 0.233. The second-order valence-electron chi connectivity index (χ2n) is 3.04. The minimum Gasteiger partial charge on any atom is -0.294 e. The molecule has 1 aromatic carbocycles. The Labute approximate surface area is 90.0 Å². The van der Waals surface area contributed by atoms with Crippen molar-refractivity contribution in [2.24, 2.45) is 0 Å². The average Bonchev–Trinajstić information content (AvgIpc) is 2.25. The molecule has 0 atom stereocenters. The van der Waals surface area contributed by atoms with Gasteiger partial charge in [0.15, 0.2) is 5.78 Å². The highest BCUT2D eigenvalue weighted by Gasteiger charge is 2.35. The van der Waals surface area contributed by atoms with Crippen LogP contribution in [0.25, 0.3) is 0 Å². The summed E-state index contributed by atoms with van der Waals surface area (Å²) in [6.07, 6.45) is -2.81. The van der Waals surface area contributed by atoms with Crippen molar-refractivity contribution in [2.45, 2.75) is 12.6 Å². The van der Waals surface area contributed by atoms with Crippen LogP contribution in [-0.4, -0.2) is 21.8 Å². The second-order valence-corrected chi connectivity index (χ2v) is 3.04. The van der Waals surface area contributed by atoms with Gasteiger partial charge in [-0.05, 0) is 0 Å². The van der Waals surface area contributed by atoms with Crippen molar-refractivity contribution in [1.29, 1.82) is 0 Å². The molecule has 7 heteroatoms. The predicted molar refractivity (Wildman–Crippen MR) is 53.2 cm³/mol. The van der Waals surface area contributed by atoms with Gasteiger partial charge in [0.2, 0.25) is 0 Å². The number of carbonyl (C=O) groups excluding carboxylic acids is 1. The van der Waals surface area contributed by atoms with E-state index in [1.807, 2.05) is 0 Å². The molecule has 0 aromatic heterocycles. The van der Waals surface area contributed by atoms with E-state index < -0.39 is 28.2 Å². The Morgan fingerprint density at radius 3 is 2.06 bits per heavy atom. The highest BCUT2D eigenvalue weighted by molar-refractivity contribution is 5.96. The molecule has 0 bridgehead atoms. The van der Waals surface area contributed by atoms with Crippen LogP contribution in [-0.2, 0) is 0 Å². The van der Waals surface area contributed by atoms with Gasteiger partial charge in [0.25, 0.3) is 0 Å². The van der Waals surface area contributed by atoms with E-state index in [4.69, 9.17) is 0 Å². The predicted octanol–water partition coefficient (Wildman–Crippen LogP) is 1.14. The Bertz CT molecular complexity index is 403. The molecule has 0 aliphatic rings. The highest BCUT2D eigenvalue weighted by Crippen LogP contribution is 2.07. The summed E-state index contributed by atoms with van der Waals surface area (Å²) < 4.78 is 0. The summed E-state index contributed by atoms with van der Waals surface area (Å²) in [5.74, 6) is -0.612. The summed E-state index contributed by atoms with van der Waals surface area (Å²) >= 11 is 0. The van der Waals surface area contributed by atoms with E-state index >= 15 is 0 Å². The number of carbonyl (C=O) groups is 1. The third kappa shape index (κ3) is 2.84. The van der Waals surface area contributed by atoms with Crippen molar-refractivity contribution in [1.82, 2.24) is 0 Å². The van der Waals surface area contributed by atoms with Gasteiger partial charge in [0, 0.05) is 5.56 Å². The zero-order chi connectivity index (χ0) is 12.1. The van der Waals surface area contributed by atoms with E-state index in [0.29, 0.717) is 0 Å². The maximum atomic E-state index is 11.5. The molecule has 0 saturated carbocycles. The molecule has 0 radical (unpaired) electrons. The van der Waals surface area contributed by atoms with Crippen molar-refractivity contribution < 1.29 is 14.6 Å². The molecule has 0 amide bonds. The van der Waals surface area contributed by atoms with Crippen LogP contribution in [0.3, 0.4) is 0 Å². The van der Waals surface area contributed by atoms with Gasteiger partial charge in [-0.15, -0.1) is 0 Å². The molecule has 0 saturated heterocycles. The van der Waals surface area contributed by atoms with E-state index in [1.165, 1.54) is 12.1 Å². The Morgan fingerprint density at radius 1 is 1.12 bits per heavy atom. The standard InChI is InChI=1S/C9H8N2O5/c12-8(7-4-2-1-3-5-7)6-9(10(13)14)11(15)16/h1-5,9H,6H2. The lowest BCUT2D eigenvalue weighted by molar-refractivity contribution is -0.740. The minimum atomic E-state index is -2.08. The number of Topliss-reactive ketones (excluding diaryl/α,β-unsaturated/α-hetero) is 1. The summed E-state index contributed by atoms with van der Waals surface area (Å²) in [5, 5.41) is 20.6. The van der Waals surface area contributed by atoms with Crippen molar-refractivity contribution >= 4 is 5.78 Å². The van der Waals surface area contributed by atoms with Crippen LogP contribution in [0.4, 0.5) is 0 Å². The van der Waals surface area contributed by atoms with Gasteiger partial charge in [-0.25, -0.2) is 0 Å². The number of ketones is 1. The van der Waals surface area contributed by atoms with Gasteiger partial charge in [-0.3, -0.25) is 25.0 Å². The first kappa shape index (κ1) is 11.8. The zero-order valence-corrected chi connectivity index (χ0v) is 8.11. The van der Waals surface area contributed by atoms with Crippen molar-refractivity contribution in [2.75, 3.05) is 0 Å². The summed E-state index contributed by atoms with van der Waals surface area (Å²) in [6, 6.07) is 7.76. The van der Waals surface area contributed by atoms with Crippen LogP contribution in [0.2, 0.25) is 0 Å². The Morgan fingerprint density at radius 2 is 1.62 bits per heavy atom. The molecule has 0 spiro atoms. The third-order valence-corrected chi connectivity index (χ3v) is 1.95. The molecular weight excluding hydrogens is 216 g/mol. The molecular formula is C9H8N2O5. The largest absolute Gasteiger partial charge is 0.457 e. The molecule has 0 fully saturated rings. The van der Waals surface area contributed by atoms with Crippen LogP contribution in [0, 0.1) is 20.2 Å². The fourth-order valence-corrected chi connectivity index (χ4v) is 1.13. The molecule has 16 heavy (non-hydrogen) atoms. The molecule has 0 heterocycles. The maximum Gasteiger partial charge on any atom is 0.457 e. The first-order valence-corrected chi connectivity index (χ1v) is 4.37. The van der Waals surface area contributed by atoms with Crippen molar-refractivity contribution in [3.8, 4) is 0 Å². The molecule has 0 aliphatic heterocycles. The van der Waals surface area contributed by atoms with Crippen molar-refractivity contribution in [3.63, 3.8) is 0 Å². The molecule has 0 N–H and O–H groups in total. The molecule has 1 aromatic rings. The first-order valence-electron chi connectivity index (χ1n) is 4.37. The lowest BCUT2D eigenvalue weighted by atomic mass is 10.1. The number of rotatable bonds is 5. The van der Waals surface area contributed by atoms with Crippen molar-refractivity contribution in [3.05, 3.63) is 56.1 Å². The SMILES string of the molecule is O=C(CC([N+](=O)[O-])[N+](=O)[O-])c1ccccc1. The normalized spacial score (nSPS) is 10.1.